The molecule has 1 aromatic rings. The number of amides is 1. The van der Waals surface area contributed by atoms with Gasteiger partial charge in [-0.05, 0) is 23.8 Å². The number of carboxylic acids is 1. The van der Waals surface area contributed by atoms with Gasteiger partial charge in [-0.1, -0.05) is 12.1 Å². The minimum atomic E-state index is -4.45. The van der Waals surface area contributed by atoms with Crippen molar-refractivity contribution in [2.45, 2.75) is 6.18 Å². The number of halogens is 3. The van der Waals surface area contributed by atoms with Gasteiger partial charge in [-0.3, -0.25) is 9.59 Å². The predicted octanol–water partition coefficient (Wildman–Crippen LogP) is 1.92. The molecule has 1 rings (SSSR count). The molecule has 1 amide bonds. The molecule has 102 valence electrons. The molecule has 19 heavy (non-hydrogen) atoms. The van der Waals surface area contributed by atoms with Crippen molar-refractivity contribution in [1.82, 2.24) is 5.32 Å². The molecule has 0 saturated carbocycles. The molecule has 0 bridgehead atoms. The Bertz CT molecular complexity index is 509. The van der Waals surface area contributed by atoms with E-state index in [0.29, 0.717) is 0 Å². The first kappa shape index (κ1) is 14.7. The first-order valence-corrected chi connectivity index (χ1v) is 5.14. The lowest BCUT2D eigenvalue weighted by molar-refractivity contribution is -0.138. The SMILES string of the molecule is O=C(O)CNC(=O)C=Cc1cccc(C(F)(F)F)c1. The van der Waals surface area contributed by atoms with Crippen molar-refractivity contribution in [3.63, 3.8) is 0 Å². The summed E-state index contributed by atoms with van der Waals surface area (Å²) in [5.74, 6) is -1.90. The molecule has 1 aromatic carbocycles. The molecule has 0 atom stereocenters. The second kappa shape index (κ2) is 6.03. The van der Waals surface area contributed by atoms with Crippen molar-refractivity contribution in [2.24, 2.45) is 0 Å². The Kier molecular flexibility index (Phi) is 4.68. The monoisotopic (exact) mass is 273 g/mol. The standard InChI is InChI=1S/C12H10F3NO3/c13-12(14,15)9-3-1-2-8(6-9)4-5-10(17)16-7-11(18)19/h1-6H,7H2,(H,16,17)(H,18,19). The summed E-state index contributed by atoms with van der Waals surface area (Å²) < 4.78 is 37.2. The highest BCUT2D eigenvalue weighted by Crippen LogP contribution is 2.29. The number of benzene rings is 1. The number of carboxylic acid groups (broad SMARTS) is 1. The Morgan fingerprint density at radius 3 is 2.58 bits per heavy atom. The van der Waals surface area contributed by atoms with Crippen molar-refractivity contribution in [1.29, 1.82) is 0 Å². The summed E-state index contributed by atoms with van der Waals surface area (Å²) in [5, 5.41) is 10.4. The van der Waals surface area contributed by atoms with Crippen LogP contribution in [0.25, 0.3) is 6.08 Å². The zero-order valence-electron chi connectivity index (χ0n) is 9.57. The van der Waals surface area contributed by atoms with Gasteiger partial charge in [0.2, 0.25) is 5.91 Å². The van der Waals surface area contributed by atoms with Crippen LogP contribution >= 0.6 is 0 Å². The number of hydrogen-bond acceptors (Lipinski definition) is 2. The molecule has 0 aromatic heterocycles. The first-order valence-electron chi connectivity index (χ1n) is 5.14. The van der Waals surface area contributed by atoms with E-state index in [9.17, 15) is 22.8 Å². The number of carbonyl (C=O) groups excluding carboxylic acids is 1. The molecule has 0 aliphatic rings. The highest BCUT2D eigenvalue weighted by atomic mass is 19.4. The largest absolute Gasteiger partial charge is 0.480 e. The van der Waals surface area contributed by atoms with E-state index in [1.165, 1.54) is 18.2 Å². The lowest BCUT2D eigenvalue weighted by atomic mass is 10.1. The number of nitrogens with one attached hydrogen (secondary N) is 1. The van der Waals surface area contributed by atoms with Crippen LogP contribution in [0.1, 0.15) is 11.1 Å². The van der Waals surface area contributed by atoms with Crippen LogP contribution < -0.4 is 5.32 Å². The fourth-order valence-corrected chi connectivity index (χ4v) is 1.21. The van der Waals surface area contributed by atoms with Gasteiger partial charge in [0.1, 0.15) is 6.54 Å². The smallest absolute Gasteiger partial charge is 0.416 e. The normalized spacial score (nSPS) is 11.5. The Morgan fingerprint density at radius 2 is 2.00 bits per heavy atom. The highest BCUT2D eigenvalue weighted by Gasteiger charge is 2.30. The molecule has 4 nitrogen and oxygen atoms in total. The van der Waals surface area contributed by atoms with Gasteiger partial charge in [-0.25, -0.2) is 0 Å². The molecule has 0 heterocycles. The fraction of sp³-hybridized carbons (Fsp3) is 0.167. The van der Waals surface area contributed by atoms with Gasteiger partial charge in [0, 0.05) is 6.08 Å². The van der Waals surface area contributed by atoms with E-state index in [-0.39, 0.29) is 5.56 Å². The number of rotatable bonds is 4. The van der Waals surface area contributed by atoms with E-state index >= 15 is 0 Å². The van der Waals surface area contributed by atoms with Crippen molar-refractivity contribution in [2.75, 3.05) is 6.54 Å². The first-order chi connectivity index (χ1) is 8.79. The molecular formula is C12H10F3NO3. The second-order valence-electron chi connectivity index (χ2n) is 3.57. The Labute approximate surface area is 106 Å². The molecule has 0 fully saturated rings. The average molecular weight is 273 g/mol. The van der Waals surface area contributed by atoms with E-state index in [2.05, 4.69) is 0 Å². The van der Waals surface area contributed by atoms with Crippen molar-refractivity contribution in [3.05, 3.63) is 41.5 Å². The van der Waals surface area contributed by atoms with Gasteiger partial charge in [-0.2, -0.15) is 13.2 Å². The number of alkyl halides is 3. The van der Waals surface area contributed by atoms with Crippen LogP contribution in [0.2, 0.25) is 0 Å². The van der Waals surface area contributed by atoms with E-state index in [0.717, 1.165) is 18.2 Å². The van der Waals surface area contributed by atoms with E-state index < -0.39 is 30.2 Å². The fourth-order valence-electron chi connectivity index (χ4n) is 1.21. The lowest BCUT2D eigenvalue weighted by Crippen LogP contribution is -2.27. The zero-order chi connectivity index (χ0) is 14.5. The Hall–Kier alpha value is -2.31. The van der Waals surface area contributed by atoms with Crippen LogP contribution in [0.4, 0.5) is 13.2 Å². The van der Waals surface area contributed by atoms with Gasteiger partial charge in [-0.15, -0.1) is 0 Å². The number of hydrogen-bond donors (Lipinski definition) is 2. The molecule has 0 radical (unpaired) electrons. The third-order valence-corrected chi connectivity index (χ3v) is 2.05. The molecule has 0 unspecified atom stereocenters. The lowest BCUT2D eigenvalue weighted by Gasteiger charge is -2.06. The Morgan fingerprint density at radius 1 is 1.32 bits per heavy atom. The number of carbonyl (C=O) groups is 2. The topological polar surface area (TPSA) is 66.4 Å². The van der Waals surface area contributed by atoms with Crippen LogP contribution in [0.15, 0.2) is 30.3 Å². The maximum absolute atomic E-state index is 12.4. The van der Waals surface area contributed by atoms with Gasteiger partial charge in [0.25, 0.3) is 0 Å². The molecular weight excluding hydrogens is 263 g/mol. The maximum atomic E-state index is 12.4. The van der Waals surface area contributed by atoms with Crippen molar-refractivity contribution >= 4 is 18.0 Å². The van der Waals surface area contributed by atoms with E-state index in [4.69, 9.17) is 5.11 Å². The maximum Gasteiger partial charge on any atom is 0.416 e. The van der Waals surface area contributed by atoms with E-state index in [1.54, 1.807) is 0 Å². The second-order valence-corrected chi connectivity index (χ2v) is 3.57. The molecule has 0 aliphatic carbocycles. The molecule has 0 saturated heterocycles. The minimum absolute atomic E-state index is 0.195. The van der Waals surface area contributed by atoms with Gasteiger partial charge >= 0.3 is 12.1 Å². The summed E-state index contributed by atoms with van der Waals surface area (Å²) in [7, 11) is 0. The van der Waals surface area contributed by atoms with Crippen molar-refractivity contribution in [3.8, 4) is 0 Å². The van der Waals surface area contributed by atoms with Crippen LogP contribution in [-0.2, 0) is 15.8 Å². The molecule has 7 heteroatoms. The zero-order valence-corrected chi connectivity index (χ0v) is 9.57. The molecule has 0 spiro atoms. The average Bonchev–Trinajstić information content (AvgIpc) is 2.33. The summed E-state index contributed by atoms with van der Waals surface area (Å²) in [6.07, 6.45) is -2.31. The molecule has 2 N–H and O–H groups in total. The van der Waals surface area contributed by atoms with Crippen LogP contribution in [0.5, 0.6) is 0 Å². The van der Waals surface area contributed by atoms with Crippen molar-refractivity contribution < 1.29 is 27.9 Å². The van der Waals surface area contributed by atoms with Gasteiger partial charge in [0.15, 0.2) is 0 Å². The number of aliphatic carboxylic acids is 1. The van der Waals surface area contributed by atoms with Crippen LogP contribution in [0.3, 0.4) is 0 Å². The summed E-state index contributed by atoms with van der Waals surface area (Å²) in [5.41, 5.74) is -0.624. The third kappa shape index (κ3) is 5.24. The third-order valence-electron chi connectivity index (χ3n) is 2.05. The van der Waals surface area contributed by atoms with Crippen LogP contribution in [0, 0.1) is 0 Å². The summed E-state index contributed by atoms with van der Waals surface area (Å²) in [4.78, 5) is 21.3. The Balaban J connectivity index is 2.72. The minimum Gasteiger partial charge on any atom is -0.480 e. The quantitative estimate of drug-likeness (QED) is 0.824. The van der Waals surface area contributed by atoms with Gasteiger partial charge in [0.05, 0.1) is 5.56 Å². The highest BCUT2D eigenvalue weighted by molar-refractivity contribution is 5.93. The summed E-state index contributed by atoms with van der Waals surface area (Å²) >= 11 is 0. The van der Waals surface area contributed by atoms with Crippen LogP contribution in [-0.4, -0.2) is 23.5 Å². The molecule has 0 aliphatic heterocycles. The summed E-state index contributed by atoms with van der Waals surface area (Å²) in [6.45, 7) is -0.550. The summed E-state index contributed by atoms with van der Waals surface area (Å²) in [6, 6.07) is 4.43. The van der Waals surface area contributed by atoms with Gasteiger partial charge < -0.3 is 10.4 Å². The predicted molar refractivity (Wildman–Crippen MR) is 61.1 cm³/mol. The van der Waals surface area contributed by atoms with E-state index in [1.807, 2.05) is 5.32 Å².